The summed E-state index contributed by atoms with van der Waals surface area (Å²) in [5.41, 5.74) is 6.31. The molecule has 1 aromatic carbocycles. The molecule has 0 radical (unpaired) electrons. The molecule has 13 heavy (non-hydrogen) atoms. The molecule has 0 aliphatic rings. The fraction of sp³-hybridized carbons (Fsp3) is 0.250. The second kappa shape index (κ2) is 4.19. The zero-order valence-electron chi connectivity index (χ0n) is 7.23. The maximum atomic E-state index is 5.76. The van der Waals surface area contributed by atoms with Crippen LogP contribution >= 0.6 is 31.9 Å². The summed E-state index contributed by atoms with van der Waals surface area (Å²) in [4.78, 5) is 0. The first kappa shape index (κ1) is 10.7. The molecule has 0 spiro atoms. The Morgan fingerprint density at radius 1 is 1.08 bits per heavy atom. The van der Waals surface area contributed by atoms with Crippen LogP contribution in [0.4, 0.5) is 5.69 Å². The van der Waals surface area contributed by atoms with E-state index in [2.05, 4.69) is 31.9 Å². The van der Waals surface area contributed by atoms with Gasteiger partial charge in [0.15, 0.2) is 0 Å². The highest BCUT2D eigenvalue weighted by Gasteiger charge is 2.13. The minimum Gasteiger partial charge on any atom is -0.495 e. The summed E-state index contributed by atoms with van der Waals surface area (Å²) in [6.45, 7) is 0. The Kier molecular flexibility index (Phi) is 3.44. The highest BCUT2D eigenvalue weighted by atomic mass is 79.9. The molecule has 0 saturated heterocycles. The van der Waals surface area contributed by atoms with Crippen molar-refractivity contribution in [3.63, 3.8) is 0 Å². The topological polar surface area (TPSA) is 44.5 Å². The van der Waals surface area contributed by atoms with Gasteiger partial charge in [0, 0.05) is 6.07 Å². The Morgan fingerprint density at radius 2 is 1.62 bits per heavy atom. The number of nitrogen functional groups attached to an aromatic ring is 1. The lowest BCUT2D eigenvalue weighted by Gasteiger charge is -2.11. The Morgan fingerprint density at radius 3 is 2.08 bits per heavy atom. The van der Waals surface area contributed by atoms with Crippen LogP contribution in [0, 0.1) is 0 Å². The minimum atomic E-state index is 0.551. The summed E-state index contributed by atoms with van der Waals surface area (Å²) in [5, 5.41) is 0. The fourth-order valence-corrected chi connectivity index (χ4v) is 1.79. The highest BCUT2D eigenvalue weighted by molar-refractivity contribution is 9.13. The molecule has 72 valence electrons. The van der Waals surface area contributed by atoms with E-state index in [-0.39, 0.29) is 0 Å². The average Bonchev–Trinajstić information content (AvgIpc) is 2.15. The van der Waals surface area contributed by atoms with Crippen LogP contribution in [0.3, 0.4) is 0 Å². The Hall–Kier alpha value is -0.420. The lowest BCUT2D eigenvalue weighted by molar-refractivity contribution is 0.393. The van der Waals surface area contributed by atoms with Crippen LogP contribution in [0.15, 0.2) is 15.0 Å². The van der Waals surface area contributed by atoms with Crippen LogP contribution in [0.2, 0.25) is 0 Å². The monoisotopic (exact) mass is 309 g/mol. The predicted octanol–water partition coefficient (Wildman–Crippen LogP) is 2.81. The van der Waals surface area contributed by atoms with Crippen molar-refractivity contribution in [3.05, 3.63) is 15.0 Å². The van der Waals surface area contributed by atoms with Crippen molar-refractivity contribution in [2.75, 3.05) is 20.0 Å². The van der Waals surface area contributed by atoms with Gasteiger partial charge in [0.1, 0.15) is 11.5 Å². The van der Waals surface area contributed by atoms with Crippen molar-refractivity contribution in [1.29, 1.82) is 0 Å². The van der Waals surface area contributed by atoms with E-state index in [0.29, 0.717) is 17.2 Å². The van der Waals surface area contributed by atoms with Gasteiger partial charge in [-0.2, -0.15) is 0 Å². The number of ether oxygens (including phenoxy) is 2. The molecule has 0 amide bonds. The third-order valence-corrected chi connectivity index (χ3v) is 3.76. The van der Waals surface area contributed by atoms with Gasteiger partial charge in [0.25, 0.3) is 0 Å². The van der Waals surface area contributed by atoms with Crippen LogP contribution in [-0.2, 0) is 0 Å². The van der Waals surface area contributed by atoms with Crippen molar-refractivity contribution in [2.24, 2.45) is 0 Å². The lowest BCUT2D eigenvalue weighted by Crippen LogP contribution is -1.96. The summed E-state index contributed by atoms with van der Waals surface area (Å²) < 4.78 is 11.7. The Labute approximate surface area is 93.5 Å². The van der Waals surface area contributed by atoms with Gasteiger partial charge in [0.05, 0.1) is 28.9 Å². The maximum absolute atomic E-state index is 5.76. The van der Waals surface area contributed by atoms with Crippen LogP contribution in [-0.4, -0.2) is 14.2 Å². The molecule has 0 unspecified atom stereocenters. The fourth-order valence-electron chi connectivity index (χ4n) is 0.912. The summed E-state index contributed by atoms with van der Waals surface area (Å²) >= 11 is 6.68. The summed E-state index contributed by atoms with van der Waals surface area (Å²) in [6, 6.07) is 1.73. The highest BCUT2D eigenvalue weighted by Crippen LogP contribution is 2.42. The number of anilines is 1. The second-order valence-corrected chi connectivity index (χ2v) is 3.91. The van der Waals surface area contributed by atoms with Crippen molar-refractivity contribution in [3.8, 4) is 11.5 Å². The lowest BCUT2D eigenvalue weighted by atomic mass is 10.3. The zero-order valence-corrected chi connectivity index (χ0v) is 10.4. The molecule has 0 atom stereocenters. The van der Waals surface area contributed by atoms with Gasteiger partial charge >= 0.3 is 0 Å². The molecular formula is C8H9Br2NO2. The van der Waals surface area contributed by atoms with E-state index < -0.39 is 0 Å². The number of hydrogen-bond donors (Lipinski definition) is 1. The first-order chi connectivity index (χ1) is 6.11. The van der Waals surface area contributed by atoms with Crippen molar-refractivity contribution in [2.45, 2.75) is 0 Å². The Bertz CT molecular complexity index is 300. The van der Waals surface area contributed by atoms with E-state index in [1.54, 1.807) is 20.3 Å². The average molecular weight is 311 g/mol. The summed E-state index contributed by atoms with van der Waals surface area (Å²) in [5.74, 6) is 1.27. The molecule has 5 heteroatoms. The molecule has 1 aromatic rings. The third kappa shape index (κ3) is 1.91. The number of hydrogen-bond acceptors (Lipinski definition) is 3. The largest absolute Gasteiger partial charge is 0.495 e. The molecule has 0 fully saturated rings. The molecule has 0 aromatic heterocycles. The van der Waals surface area contributed by atoms with Gasteiger partial charge in [0.2, 0.25) is 0 Å². The molecule has 0 bridgehead atoms. The van der Waals surface area contributed by atoms with Gasteiger partial charge in [-0.05, 0) is 31.9 Å². The number of methoxy groups -OCH3 is 2. The number of benzene rings is 1. The number of nitrogens with two attached hydrogens (primary N) is 1. The SMILES string of the molecule is COc1cc(OC)c(Br)c(Br)c1N. The minimum absolute atomic E-state index is 0.551. The molecule has 0 heterocycles. The second-order valence-electron chi connectivity index (χ2n) is 2.32. The van der Waals surface area contributed by atoms with E-state index in [1.807, 2.05) is 0 Å². The van der Waals surface area contributed by atoms with Gasteiger partial charge in [-0.15, -0.1) is 0 Å². The molecule has 3 nitrogen and oxygen atoms in total. The smallest absolute Gasteiger partial charge is 0.146 e. The first-order valence-corrected chi connectivity index (χ1v) is 5.05. The normalized spacial score (nSPS) is 9.85. The van der Waals surface area contributed by atoms with Crippen molar-refractivity contribution >= 4 is 37.5 Å². The molecule has 0 saturated carbocycles. The standard InChI is InChI=1S/C8H9Br2NO2/c1-12-4-3-5(13-2)8(11)7(10)6(4)9/h3H,11H2,1-2H3. The first-order valence-electron chi connectivity index (χ1n) is 3.47. The summed E-state index contributed by atoms with van der Waals surface area (Å²) in [7, 11) is 3.15. The Balaban J connectivity index is 3.36. The van der Waals surface area contributed by atoms with E-state index >= 15 is 0 Å². The van der Waals surface area contributed by atoms with Crippen LogP contribution in [0.25, 0.3) is 0 Å². The van der Waals surface area contributed by atoms with E-state index in [4.69, 9.17) is 15.2 Å². The van der Waals surface area contributed by atoms with Gasteiger partial charge in [-0.1, -0.05) is 0 Å². The maximum Gasteiger partial charge on any atom is 0.146 e. The van der Waals surface area contributed by atoms with E-state index in [1.165, 1.54) is 0 Å². The van der Waals surface area contributed by atoms with Crippen LogP contribution in [0.1, 0.15) is 0 Å². The van der Waals surface area contributed by atoms with E-state index in [0.717, 1.165) is 8.95 Å². The van der Waals surface area contributed by atoms with Crippen molar-refractivity contribution in [1.82, 2.24) is 0 Å². The molecule has 2 N–H and O–H groups in total. The van der Waals surface area contributed by atoms with Crippen LogP contribution in [0.5, 0.6) is 11.5 Å². The molecular weight excluding hydrogens is 302 g/mol. The predicted molar refractivity (Wildman–Crippen MR) is 59.4 cm³/mol. The molecule has 0 aliphatic heterocycles. The van der Waals surface area contributed by atoms with E-state index in [9.17, 15) is 0 Å². The van der Waals surface area contributed by atoms with Gasteiger partial charge in [-0.3, -0.25) is 0 Å². The quantitative estimate of drug-likeness (QED) is 0.854. The summed E-state index contributed by atoms with van der Waals surface area (Å²) in [6.07, 6.45) is 0. The zero-order chi connectivity index (χ0) is 10.0. The number of halogens is 2. The molecule has 1 rings (SSSR count). The van der Waals surface area contributed by atoms with Gasteiger partial charge < -0.3 is 15.2 Å². The third-order valence-electron chi connectivity index (χ3n) is 1.61. The van der Waals surface area contributed by atoms with Crippen LogP contribution < -0.4 is 15.2 Å². The van der Waals surface area contributed by atoms with Crippen molar-refractivity contribution < 1.29 is 9.47 Å². The molecule has 0 aliphatic carbocycles. The number of rotatable bonds is 2. The van der Waals surface area contributed by atoms with Gasteiger partial charge in [-0.25, -0.2) is 0 Å².